The van der Waals surface area contributed by atoms with E-state index >= 15 is 0 Å². The lowest BCUT2D eigenvalue weighted by Gasteiger charge is -2.16. The van der Waals surface area contributed by atoms with Gasteiger partial charge in [0, 0.05) is 37.4 Å². The molecular formula is C19H27FIN5. The van der Waals surface area contributed by atoms with Gasteiger partial charge in [0.1, 0.15) is 5.82 Å². The van der Waals surface area contributed by atoms with Crippen LogP contribution in [0.1, 0.15) is 31.7 Å². The van der Waals surface area contributed by atoms with Gasteiger partial charge in [-0.2, -0.15) is 5.10 Å². The Bertz CT molecular complexity index is 680. The van der Waals surface area contributed by atoms with Gasteiger partial charge in [-0.15, -0.1) is 24.0 Å². The van der Waals surface area contributed by atoms with Crippen LogP contribution in [-0.4, -0.2) is 35.4 Å². The molecule has 0 bridgehead atoms. The van der Waals surface area contributed by atoms with Crippen molar-refractivity contribution in [1.82, 2.24) is 20.4 Å². The van der Waals surface area contributed by atoms with Gasteiger partial charge in [0.2, 0.25) is 0 Å². The van der Waals surface area contributed by atoms with Crippen LogP contribution in [0.15, 0.2) is 47.7 Å². The second-order valence-corrected chi connectivity index (χ2v) is 6.53. The highest BCUT2D eigenvalue weighted by atomic mass is 127. The van der Waals surface area contributed by atoms with Crippen molar-refractivity contribution >= 4 is 29.9 Å². The summed E-state index contributed by atoms with van der Waals surface area (Å²) in [4.78, 5) is 4.76. The molecule has 1 aromatic carbocycles. The average Bonchev–Trinajstić information content (AvgIpc) is 3.23. The lowest BCUT2D eigenvalue weighted by Crippen LogP contribution is -2.38. The van der Waals surface area contributed by atoms with Crippen molar-refractivity contribution < 1.29 is 4.39 Å². The lowest BCUT2D eigenvalue weighted by molar-refractivity contribution is 0.569. The minimum Gasteiger partial charge on any atom is -0.357 e. The number of hydrogen-bond donors (Lipinski definition) is 2. The van der Waals surface area contributed by atoms with Crippen molar-refractivity contribution in [3.63, 3.8) is 0 Å². The topological polar surface area (TPSA) is 54.2 Å². The van der Waals surface area contributed by atoms with Crippen molar-refractivity contribution in [3.8, 4) is 0 Å². The third-order valence-electron chi connectivity index (χ3n) is 4.61. The van der Waals surface area contributed by atoms with Crippen LogP contribution in [0.25, 0.3) is 0 Å². The fraction of sp³-hybridized carbons (Fsp3) is 0.474. The molecule has 0 unspecified atom stereocenters. The molecule has 0 atom stereocenters. The number of aromatic nitrogens is 2. The molecule has 0 amide bonds. The fourth-order valence-electron chi connectivity index (χ4n) is 2.95. The Morgan fingerprint density at radius 2 is 2.04 bits per heavy atom. The molecule has 2 aromatic rings. The normalized spacial score (nSPS) is 15.2. The van der Waals surface area contributed by atoms with Gasteiger partial charge in [-0.3, -0.25) is 9.67 Å². The Balaban J connectivity index is 0.00000243. The quantitative estimate of drug-likeness (QED) is 0.269. The van der Waals surface area contributed by atoms with E-state index in [0.29, 0.717) is 0 Å². The monoisotopic (exact) mass is 471 g/mol. The Kier molecular flexibility index (Phi) is 7.86. The zero-order valence-corrected chi connectivity index (χ0v) is 17.4. The van der Waals surface area contributed by atoms with Gasteiger partial charge in [-0.25, -0.2) is 4.39 Å². The third-order valence-corrected chi connectivity index (χ3v) is 4.61. The molecule has 1 heterocycles. The minimum absolute atomic E-state index is 0. The number of aryl methyl sites for hydroxylation is 1. The van der Waals surface area contributed by atoms with E-state index in [-0.39, 0.29) is 35.2 Å². The van der Waals surface area contributed by atoms with E-state index in [9.17, 15) is 4.39 Å². The lowest BCUT2D eigenvalue weighted by atomic mass is 9.96. The largest absolute Gasteiger partial charge is 0.357 e. The summed E-state index contributed by atoms with van der Waals surface area (Å²) < 4.78 is 15.1. The van der Waals surface area contributed by atoms with Crippen LogP contribution in [0.5, 0.6) is 0 Å². The van der Waals surface area contributed by atoms with E-state index in [0.717, 1.165) is 51.4 Å². The molecule has 0 aliphatic heterocycles. The van der Waals surface area contributed by atoms with Gasteiger partial charge >= 0.3 is 0 Å². The maximum absolute atomic E-state index is 13.1. The third kappa shape index (κ3) is 5.69. The summed E-state index contributed by atoms with van der Waals surface area (Å²) in [5, 5.41) is 10.9. The van der Waals surface area contributed by atoms with Crippen molar-refractivity contribution in [2.75, 3.05) is 19.6 Å². The number of nitrogens with one attached hydrogen (secondary N) is 2. The number of benzene rings is 1. The molecule has 1 aromatic heterocycles. The summed E-state index contributed by atoms with van der Waals surface area (Å²) in [6, 6.07) is 8.80. The standard InChI is InChI=1S/C19H26FN5.HI/c1-2-21-18(22-11-3-13-25-14-4-12-24-25)23-15-19(9-10-19)16-5-7-17(20)8-6-16;/h4-8,12,14H,2-3,9-11,13,15H2,1H3,(H2,21,22,23);1H. The van der Waals surface area contributed by atoms with Crippen LogP contribution in [0, 0.1) is 5.82 Å². The second kappa shape index (κ2) is 9.89. The van der Waals surface area contributed by atoms with Gasteiger partial charge in [-0.05, 0) is 49.9 Å². The highest BCUT2D eigenvalue weighted by Crippen LogP contribution is 2.48. The van der Waals surface area contributed by atoms with Crippen LogP contribution in [0.2, 0.25) is 0 Å². The zero-order chi connectivity index (χ0) is 17.5. The first-order valence-electron chi connectivity index (χ1n) is 8.97. The fourth-order valence-corrected chi connectivity index (χ4v) is 2.95. The number of aliphatic imine (C=N–C) groups is 1. The van der Waals surface area contributed by atoms with Crippen LogP contribution in [0.4, 0.5) is 4.39 Å². The second-order valence-electron chi connectivity index (χ2n) is 6.53. The molecule has 0 spiro atoms. The maximum Gasteiger partial charge on any atom is 0.191 e. The highest BCUT2D eigenvalue weighted by molar-refractivity contribution is 14.0. The van der Waals surface area contributed by atoms with E-state index in [1.54, 1.807) is 6.20 Å². The number of guanidine groups is 1. The van der Waals surface area contributed by atoms with Gasteiger partial charge in [0.25, 0.3) is 0 Å². The number of halogens is 2. The molecule has 7 heteroatoms. The van der Waals surface area contributed by atoms with E-state index in [1.165, 1.54) is 17.7 Å². The Hall–Kier alpha value is -1.64. The van der Waals surface area contributed by atoms with E-state index in [4.69, 9.17) is 4.99 Å². The summed E-state index contributed by atoms with van der Waals surface area (Å²) >= 11 is 0. The van der Waals surface area contributed by atoms with Crippen molar-refractivity contribution in [2.24, 2.45) is 4.99 Å². The van der Waals surface area contributed by atoms with E-state index in [2.05, 4.69) is 22.7 Å². The first-order valence-corrected chi connectivity index (χ1v) is 8.97. The predicted molar refractivity (Wildman–Crippen MR) is 114 cm³/mol. The maximum atomic E-state index is 13.1. The van der Waals surface area contributed by atoms with Gasteiger partial charge in [0.05, 0.1) is 6.54 Å². The first-order chi connectivity index (χ1) is 12.2. The van der Waals surface area contributed by atoms with Crippen LogP contribution in [-0.2, 0) is 12.0 Å². The summed E-state index contributed by atoms with van der Waals surface area (Å²) in [5.74, 6) is 0.659. The van der Waals surface area contributed by atoms with Gasteiger partial charge in [0.15, 0.2) is 5.96 Å². The Morgan fingerprint density at radius 1 is 1.27 bits per heavy atom. The first kappa shape index (κ1) is 20.7. The van der Waals surface area contributed by atoms with Crippen LogP contribution < -0.4 is 10.6 Å². The molecule has 0 saturated heterocycles. The minimum atomic E-state index is -0.185. The molecule has 1 fully saturated rings. The number of nitrogens with zero attached hydrogens (tertiary/aromatic N) is 3. The molecular weight excluding hydrogens is 444 g/mol. The molecule has 2 N–H and O–H groups in total. The summed E-state index contributed by atoms with van der Waals surface area (Å²) in [5.41, 5.74) is 1.28. The molecule has 1 aliphatic rings. The van der Waals surface area contributed by atoms with Crippen LogP contribution in [0.3, 0.4) is 0 Å². The van der Waals surface area contributed by atoms with Crippen molar-refractivity contribution in [1.29, 1.82) is 0 Å². The highest BCUT2D eigenvalue weighted by Gasteiger charge is 2.44. The average molecular weight is 471 g/mol. The molecule has 1 aliphatic carbocycles. The summed E-state index contributed by atoms with van der Waals surface area (Å²) in [6.07, 6.45) is 6.97. The number of hydrogen-bond acceptors (Lipinski definition) is 2. The molecule has 1 saturated carbocycles. The molecule has 3 rings (SSSR count). The molecule has 0 radical (unpaired) electrons. The van der Waals surface area contributed by atoms with Gasteiger partial charge in [-0.1, -0.05) is 12.1 Å². The smallest absolute Gasteiger partial charge is 0.191 e. The predicted octanol–water partition coefficient (Wildman–Crippen LogP) is 3.32. The number of rotatable bonds is 8. The van der Waals surface area contributed by atoms with Crippen molar-refractivity contribution in [2.45, 2.75) is 38.1 Å². The van der Waals surface area contributed by atoms with Gasteiger partial charge < -0.3 is 10.6 Å². The zero-order valence-electron chi connectivity index (χ0n) is 15.1. The Morgan fingerprint density at radius 3 is 2.65 bits per heavy atom. The Labute approximate surface area is 171 Å². The molecule has 5 nitrogen and oxygen atoms in total. The molecule has 26 heavy (non-hydrogen) atoms. The van der Waals surface area contributed by atoms with E-state index in [1.807, 2.05) is 29.1 Å². The van der Waals surface area contributed by atoms with Crippen LogP contribution >= 0.6 is 24.0 Å². The van der Waals surface area contributed by atoms with Crippen molar-refractivity contribution in [3.05, 3.63) is 54.1 Å². The summed E-state index contributed by atoms with van der Waals surface area (Å²) in [6.45, 7) is 5.35. The SMILES string of the molecule is CCNC(=NCC1(c2ccc(F)cc2)CC1)NCCCn1cccn1.I. The summed E-state index contributed by atoms with van der Waals surface area (Å²) in [7, 11) is 0. The van der Waals surface area contributed by atoms with E-state index < -0.39 is 0 Å². The molecule has 142 valence electrons.